The molecule has 1 aliphatic heterocycles. The van der Waals surface area contributed by atoms with Gasteiger partial charge in [0.05, 0.1) is 12.7 Å². The molecule has 0 bridgehead atoms. The summed E-state index contributed by atoms with van der Waals surface area (Å²) in [5.41, 5.74) is 0.843. The summed E-state index contributed by atoms with van der Waals surface area (Å²) >= 11 is 0. The van der Waals surface area contributed by atoms with Gasteiger partial charge in [-0.3, -0.25) is 14.3 Å². The quantitative estimate of drug-likeness (QED) is 0.405. The van der Waals surface area contributed by atoms with Crippen molar-refractivity contribution < 1.29 is 14.6 Å². The third kappa shape index (κ3) is 4.49. The van der Waals surface area contributed by atoms with Gasteiger partial charge < -0.3 is 14.6 Å². The fourth-order valence-electron chi connectivity index (χ4n) is 4.70. The summed E-state index contributed by atoms with van der Waals surface area (Å²) in [6.07, 6.45) is -0.686. The summed E-state index contributed by atoms with van der Waals surface area (Å²) in [5, 5.41) is 10.7. The van der Waals surface area contributed by atoms with Crippen molar-refractivity contribution >= 4 is 0 Å². The van der Waals surface area contributed by atoms with Crippen molar-refractivity contribution in [3.8, 4) is 0 Å². The molecule has 3 atom stereocenters. The van der Waals surface area contributed by atoms with Crippen LogP contribution in [0.2, 0.25) is 0 Å². The van der Waals surface area contributed by atoms with Crippen LogP contribution < -0.4 is 11.2 Å². The number of aromatic amines is 1. The van der Waals surface area contributed by atoms with E-state index in [-0.39, 0.29) is 13.0 Å². The second kappa shape index (κ2) is 9.84. The number of nitrogens with zero attached hydrogens (tertiary/aromatic N) is 1. The van der Waals surface area contributed by atoms with E-state index >= 15 is 0 Å². The summed E-state index contributed by atoms with van der Waals surface area (Å²) < 4.78 is 14.0. The predicted octanol–water partition coefficient (Wildman–Crippen LogP) is 3.19. The smallest absolute Gasteiger partial charge is 0.330 e. The average molecular weight is 471 g/mol. The SMILES string of the molecule is O=c1ccn([C@@H]2O[C@@H](COC(c3ccccc3)(c3ccccc3)c3ccccc3)C[C@@H]2O)c(=O)[nH]1. The maximum Gasteiger partial charge on any atom is 0.330 e. The Morgan fingerprint density at radius 1 is 0.857 bits per heavy atom. The number of benzene rings is 3. The lowest BCUT2D eigenvalue weighted by atomic mass is 9.80. The fraction of sp³-hybridized carbons (Fsp3) is 0.214. The third-order valence-electron chi connectivity index (χ3n) is 6.32. The molecule has 0 radical (unpaired) electrons. The Morgan fingerprint density at radius 3 is 1.86 bits per heavy atom. The fourth-order valence-corrected chi connectivity index (χ4v) is 4.70. The van der Waals surface area contributed by atoms with Crippen molar-refractivity contribution in [3.05, 3.63) is 141 Å². The molecule has 7 heteroatoms. The molecule has 0 saturated carbocycles. The first-order valence-electron chi connectivity index (χ1n) is 11.5. The van der Waals surface area contributed by atoms with Gasteiger partial charge in [0.2, 0.25) is 0 Å². The van der Waals surface area contributed by atoms with Gasteiger partial charge in [0.1, 0.15) is 11.7 Å². The predicted molar refractivity (Wildman–Crippen MR) is 131 cm³/mol. The largest absolute Gasteiger partial charge is 0.388 e. The second-order valence-corrected chi connectivity index (χ2v) is 8.56. The molecule has 35 heavy (non-hydrogen) atoms. The maximum atomic E-state index is 12.2. The minimum Gasteiger partial charge on any atom is -0.388 e. The van der Waals surface area contributed by atoms with Gasteiger partial charge in [-0.15, -0.1) is 0 Å². The standard InChI is InChI=1S/C28H26N2O5/c31-24-18-23(35-26(24)30-17-16-25(32)29-27(30)33)19-34-28(20-10-4-1-5-11-20,21-12-6-2-7-13-21)22-14-8-3-9-15-22/h1-17,23-24,26,31H,18-19H2,(H,29,32,33)/t23-,24+,26-/m1/s1. The molecule has 4 aromatic rings. The van der Waals surface area contributed by atoms with Crippen molar-refractivity contribution in [2.45, 2.75) is 30.5 Å². The summed E-state index contributed by atoms with van der Waals surface area (Å²) in [6, 6.07) is 31.2. The van der Waals surface area contributed by atoms with Crippen LogP contribution in [0.5, 0.6) is 0 Å². The van der Waals surface area contributed by atoms with E-state index in [0.29, 0.717) is 0 Å². The van der Waals surface area contributed by atoms with E-state index in [0.717, 1.165) is 16.7 Å². The topological polar surface area (TPSA) is 93.5 Å². The van der Waals surface area contributed by atoms with Crippen molar-refractivity contribution in [2.75, 3.05) is 6.61 Å². The van der Waals surface area contributed by atoms with E-state index < -0.39 is 35.3 Å². The normalized spacial score (nSPS) is 20.1. The zero-order valence-electron chi connectivity index (χ0n) is 19.0. The summed E-state index contributed by atoms with van der Waals surface area (Å²) in [5.74, 6) is 0. The molecule has 3 aromatic carbocycles. The first kappa shape index (κ1) is 23.0. The number of ether oxygens (including phenoxy) is 2. The van der Waals surface area contributed by atoms with Crippen LogP contribution in [0, 0.1) is 0 Å². The minimum absolute atomic E-state index is 0.171. The Kier molecular flexibility index (Phi) is 6.46. The van der Waals surface area contributed by atoms with Crippen LogP contribution in [0.1, 0.15) is 29.3 Å². The van der Waals surface area contributed by atoms with Crippen molar-refractivity contribution in [3.63, 3.8) is 0 Å². The van der Waals surface area contributed by atoms with E-state index in [2.05, 4.69) is 4.98 Å². The van der Waals surface area contributed by atoms with E-state index in [1.807, 2.05) is 91.0 Å². The Labute approximate surface area is 202 Å². The van der Waals surface area contributed by atoms with Crippen LogP contribution in [0.4, 0.5) is 0 Å². The molecule has 0 unspecified atom stereocenters. The summed E-state index contributed by atoms with van der Waals surface area (Å²) in [6.45, 7) is 0.171. The van der Waals surface area contributed by atoms with Crippen LogP contribution in [0.3, 0.4) is 0 Å². The van der Waals surface area contributed by atoms with Gasteiger partial charge in [0.25, 0.3) is 5.56 Å². The highest BCUT2D eigenvalue weighted by molar-refractivity contribution is 5.47. The molecule has 1 aromatic heterocycles. The number of aromatic nitrogens is 2. The third-order valence-corrected chi connectivity index (χ3v) is 6.32. The van der Waals surface area contributed by atoms with Crippen LogP contribution in [0.15, 0.2) is 113 Å². The molecule has 0 spiro atoms. The van der Waals surface area contributed by atoms with Gasteiger partial charge in [-0.05, 0) is 16.7 Å². The maximum absolute atomic E-state index is 12.2. The van der Waals surface area contributed by atoms with Gasteiger partial charge in [-0.2, -0.15) is 0 Å². The van der Waals surface area contributed by atoms with E-state index in [4.69, 9.17) is 9.47 Å². The summed E-state index contributed by atoms with van der Waals surface area (Å²) in [4.78, 5) is 25.9. The average Bonchev–Trinajstić information content (AvgIpc) is 3.26. The number of aliphatic hydroxyl groups is 1. The second-order valence-electron chi connectivity index (χ2n) is 8.56. The molecule has 1 saturated heterocycles. The van der Waals surface area contributed by atoms with Crippen LogP contribution >= 0.6 is 0 Å². The van der Waals surface area contributed by atoms with E-state index in [1.54, 1.807) is 0 Å². The lowest BCUT2D eigenvalue weighted by molar-refractivity contribution is -0.0875. The van der Waals surface area contributed by atoms with Crippen molar-refractivity contribution in [2.24, 2.45) is 0 Å². The van der Waals surface area contributed by atoms with E-state index in [9.17, 15) is 14.7 Å². The molecular formula is C28H26N2O5. The molecule has 7 nitrogen and oxygen atoms in total. The van der Waals surface area contributed by atoms with Gasteiger partial charge in [0, 0.05) is 18.7 Å². The molecular weight excluding hydrogens is 444 g/mol. The molecule has 2 heterocycles. The molecule has 1 fully saturated rings. The van der Waals surface area contributed by atoms with Crippen molar-refractivity contribution in [1.82, 2.24) is 9.55 Å². The Hall–Kier alpha value is -3.78. The monoisotopic (exact) mass is 470 g/mol. The molecule has 5 rings (SSSR count). The van der Waals surface area contributed by atoms with Crippen molar-refractivity contribution in [1.29, 1.82) is 0 Å². The number of rotatable bonds is 7. The van der Waals surface area contributed by atoms with E-state index in [1.165, 1.54) is 16.8 Å². The Morgan fingerprint density at radius 2 is 1.37 bits per heavy atom. The molecule has 0 aliphatic carbocycles. The zero-order valence-corrected chi connectivity index (χ0v) is 19.0. The number of aliphatic hydroxyl groups excluding tert-OH is 1. The number of hydrogen-bond donors (Lipinski definition) is 2. The van der Waals surface area contributed by atoms with Gasteiger partial charge in [-0.1, -0.05) is 91.0 Å². The molecule has 2 N–H and O–H groups in total. The van der Waals surface area contributed by atoms with Gasteiger partial charge in [0.15, 0.2) is 6.23 Å². The molecule has 178 valence electrons. The minimum atomic E-state index is -0.924. The van der Waals surface area contributed by atoms with Gasteiger partial charge >= 0.3 is 5.69 Å². The Balaban J connectivity index is 1.49. The van der Waals surface area contributed by atoms with Gasteiger partial charge in [-0.25, -0.2) is 4.79 Å². The molecule has 0 amide bonds. The highest BCUT2D eigenvalue weighted by Crippen LogP contribution is 2.41. The first-order chi connectivity index (χ1) is 17.1. The lowest BCUT2D eigenvalue weighted by Crippen LogP contribution is -2.36. The number of H-pyrrole nitrogens is 1. The Bertz CT molecular complexity index is 1270. The van der Waals surface area contributed by atoms with Crippen LogP contribution in [-0.2, 0) is 15.1 Å². The highest BCUT2D eigenvalue weighted by atomic mass is 16.6. The first-order valence-corrected chi connectivity index (χ1v) is 11.5. The zero-order chi connectivity index (χ0) is 24.3. The lowest BCUT2D eigenvalue weighted by Gasteiger charge is -2.36. The highest BCUT2D eigenvalue weighted by Gasteiger charge is 2.41. The number of hydrogen-bond acceptors (Lipinski definition) is 5. The van der Waals surface area contributed by atoms with Crippen LogP contribution in [-0.4, -0.2) is 33.5 Å². The molecule has 1 aliphatic rings. The van der Waals surface area contributed by atoms with Crippen LogP contribution in [0.25, 0.3) is 0 Å². The summed E-state index contributed by atoms with van der Waals surface area (Å²) in [7, 11) is 0. The number of nitrogens with one attached hydrogen (secondary N) is 1.